The quantitative estimate of drug-likeness (QED) is 0.863. The summed E-state index contributed by atoms with van der Waals surface area (Å²) >= 11 is 0. The van der Waals surface area contributed by atoms with Crippen LogP contribution < -0.4 is 4.90 Å². The number of anilines is 1. The summed E-state index contributed by atoms with van der Waals surface area (Å²) < 4.78 is 0. The number of likely N-dealkylation sites (tertiary alicyclic amines) is 1. The Morgan fingerprint density at radius 3 is 2.81 bits per heavy atom. The smallest absolute Gasteiger partial charge is 0.229 e. The minimum atomic E-state index is -0.403. The van der Waals surface area contributed by atoms with Gasteiger partial charge >= 0.3 is 0 Å². The standard InChI is InChI=1S/C20H27N5O2/c1-13-22-16-4-7-21-17(16)18(23-13)24-8-5-20(6-9-24)10-15(26)12-25(19(20)27)11-14-2-3-14/h4,7,14-15,21,26H,2-3,5-6,8-12H2,1H3. The van der Waals surface area contributed by atoms with Gasteiger partial charge in [-0.1, -0.05) is 0 Å². The normalized spacial score (nSPS) is 25.6. The fourth-order valence-electron chi connectivity index (χ4n) is 4.88. The number of aliphatic hydroxyl groups is 1. The Bertz CT molecular complexity index is 864. The first-order chi connectivity index (χ1) is 13.0. The molecule has 0 aromatic carbocycles. The van der Waals surface area contributed by atoms with Gasteiger partial charge in [-0.2, -0.15) is 0 Å². The van der Waals surface area contributed by atoms with Gasteiger partial charge in [-0.25, -0.2) is 9.97 Å². The largest absolute Gasteiger partial charge is 0.391 e. The van der Waals surface area contributed by atoms with Crippen molar-refractivity contribution in [1.29, 1.82) is 0 Å². The molecule has 2 aliphatic heterocycles. The third kappa shape index (κ3) is 2.98. The summed E-state index contributed by atoms with van der Waals surface area (Å²) in [5, 5.41) is 10.4. The number of rotatable bonds is 3. The van der Waals surface area contributed by atoms with Gasteiger partial charge in [0.2, 0.25) is 5.91 Å². The van der Waals surface area contributed by atoms with E-state index in [0.29, 0.717) is 18.9 Å². The summed E-state index contributed by atoms with van der Waals surface area (Å²) in [5.41, 5.74) is 1.49. The van der Waals surface area contributed by atoms with Crippen molar-refractivity contribution >= 4 is 22.8 Å². The second kappa shape index (κ2) is 6.19. The number of carbonyl (C=O) groups excluding carboxylic acids is 1. The van der Waals surface area contributed by atoms with Crippen LogP contribution in [0.2, 0.25) is 0 Å². The molecule has 0 radical (unpaired) electrons. The third-order valence-electron chi connectivity index (χ3n) is 6.49. The zero-order chi connectivity index (χ0) is 18.6. The number of aryl methyl sites for hydroxylation is 1. The van der Waals surface area contributed by atoms with Gasteiger partial charge in [0.05, 0.1) is 17.0 Å². The van der Waals surface area contributed by atoms with Crippen LogP contribution in [0.25, 0.3) is 11.0 Å². The number of carbonyl (C=O) groups is 1. The second-order valence-electron chi connectivity index (χ2n) is 8.61. The van der Waals surface area contributed by atoms with E-state index in [1.165, 1.54) is 12.8 Å². The molecule has 2 N–H and O–H groups in total. The lowest BCUT2D eigenvalue weighted by Gasteiger charge is -2.48. The highest BCUT2D eigenvalue weighted by atomic mass is 16.3. The van der Waals surface area contributed by atoms with E-state index < -0.39 is 11.5 Å². The lowest BCUT2D eigenvalue weighted by molar-refractivity contribution is -0.154. The molecule has 7 nitrogen and oxygen atoms in total. The predicted molar refractivity (Wildman–Crippen MR) is 102 cm³/mol. The summed E-state index contributed by atoms with van der Waals surface area (Å²) in [6, 6.07) is 1.97. The van der Waals surface area contributed by atoms with Crippen LogP contribution in [-0.4, -0.2) is 63.1 Å². The van der Waals surface area contributed by atoms with Crippen LogP contribution in [0.4, 0.5) is 5.82 Å². The maximum absolute atomic E-state index is 13.2. The van der Waals surface area contributed by atoms with Crippen LogP contribution in [0.5, 0.6) is 0 Å². The number of aliphatic hydroxyl groups excluding tert-OH is 1. The number of aromatic nitrogens is 3. The Labute approximate surface area is 158 Å². The molecule has 1 unspecified atom stereocenters. The molecule has 1 aliphatic carbocycles. The molecule has 3 aliphatic rings. The van der Waals surface area contributed by atoms with Crippen molar-refractivity contribution < 1.29 is 9.90 Å². The number of nitrogens with zero attached hydrogens (tertiary/aromatic N) is 4. The lowest BCUT2D eigenvalue weighted by Crippen LogP contribution is -2.58. The highest BCUT2D eigenvalue weighted by Crippen LogP contribution is 2.43. The fourth-order valence-corrected chi connectivity index (χ4v) is 4.88. The van der Waals surface area contributed by atoms with Gasteiger partial charge in [0.15, 0.2) is 5.82 Å². The number of hydrogen-bond donors (Lipinski definition) is 2. The Balaban J connectivity index is 1.36. The summed E-state index contributed by atoms with van der Waals surface area (Å²) in [5.74, 6) is 2.61. The zero-order valence-corrected chi connectivity index (χ0v) is 15.8. The van der Waals surface area contributed by atoms with E-state index in [2.05, 4.69) is 19.9 Å². The van der Waals surface area contributed by atoms with Crippen molar-refractivity contribution in [3.05, 3.63) is 18.1 Å². The highest BCUT2D eigenvalue weighted by molar-refractivity contribution is 5.87. The van der Waals surface area contributed by atoms with Crippen molar-refractivity contribution in [2.45, 2.75) is 45.1 Å². The van der Waals surface area contributed by atoms with Crippen molar-refractivity contribution in [2.24, 2.45) is 11.3 Å². The Hall–Kier alpha value is -2.15. The van der Waals surface area contributed by atoms with Crippen LogP contribution in [0.15, 0.2) is 12.3 Å². The van der Waals surface area contributed by atoms with Crippen molar-refractivity contribution in [1.82, 2.24) is 19.9 Å². The van der Waals surface area contributed by atoms with Gasteiger partial charge in [-0.3, -0.25) is 4.79 Å². The molecule has 2 aromatic rings. The first-order valence-corrected chi connectivity index (χ1v) is 10.1. The minimum absolute atomic E-state index is 0.267. The Morgan fingerprint density at radius 2 is 2.07 bits per heavy atom. The van der Waals surface area contributed by atoms with Crippen LogP contribution in [0.1, 0.15) is 37.9 Å². The number of amides is 1. The molecule has 27 heavy (non-hydrogen) atoms. The van der Waals surface area contributed by atoms with Crippen LogP contribution >= 0.6 is 0 Å². The predicted octanol–water partition coefficient (Wildman–Crippen LogP) is 1.86. The molecule has 144 valence electrons. The van der Waals surface area contributed by atoms with Crippen LogP contribution in [-0.2, 0) is 4.79 Å². The summed E-state index contributed by atoms with van der Waals surface area (Å²) in [6.45, 7) is 4.81. The number of fused-ring (bicyclic) bond motifs is 1. The van der Waals surface area contributed by atoms with Gasteiger partial charge in [0.1, 0.15) is 11.3 Å². The number of aromatic amines is 1. The maximum atomic E-state index is 13.2. The molecular formula is C20H27N5O2. The van der Waals surface area contributed by atoms with Gasteiger partial charge in [-0.05, 0) is 51.0 Å². The van der Waals surface area contributed by atoms with Crippen molar-refractivity contribution in [2.75, 3.05) is 31.1 Å². The topological polar surface area (TPSA) is 85.4 Å². The number of nitrogens with one attached hydrogen (secondary N) is 1. The van der Waals surface area contributed by atoms with Crippen LogP contribution in [0.3, 0.4) is 0 Å². The van der Waals surface area contributed by atoms with E-state index in [1.807, 2.05) is 24.1 Å². The van der Waals surface area contributed by atoms with Gasteiger partial charge in [-0.15, -0.1) is 0 Å². The minimum Gasteiger partial charge on any atom is -0.391 e. The van der Waals surface area contributed by atoms with E-state index in [0.717, 1.165) is 55.2 Å². The number of piperidine rings is 2. The first kappa shape index (κ1) is 17.0. The Kier molecular flexibility index (Phi) is 3.89. The van der Waals surface area contributed by atoms with Crippen molar-refractivity contribution in [3.63, 3.8) is 0 Å². The molecule has 2 saturated heterocycles. The van der Waals surface area contributed by atoms with E-state index in [-0.39, 0.29) is 5.91 Å². The summed E-state index contributed by atoms with van der Waals surface area (Å²) in [6.07, 6.45) is 6.08. The molecule has 4 heterocycles. The molecular weight excluding hydrogens is 342 g/mol. The zero-order valence-electron chi connectivity index (χ0n) is 15.8. The van der Waals surface area contributed by atoms with Gasteiger partial charge in [0, 0.05) is 32.4 Å². The van der Waals surface area contributed by atoms with E-state index >= 15 is 0 Å². The van der Waals surface area contributed by atoms with E-state index in [4.69, 9.17) is 0 Å². The summed E-state index contributed by atoms with van der Waals surface area (Å²) in [7, 11) is 0. The van der Waals surface area contributed by atoms with Gasteiger partial charge in [0.25, 0.3) is 0 Å². The maximum Gasteiger partial charge on any atom is 0.229 e. The fraction of sp³-hybridized carbons (Fsp3) is 0.650. The SMILES string of the molecule is Cc1nc(N2CCC3(CC2)CC(O)CN(CC2CC2)C3=O)c2[nH]ccc2n1. The van der Waals surface area contributed by atoms with Gasteiger partial charge < -0.3 is 19.9 Å². The highest BCUT2D eigenvalue weighted by Gasteiger charge is 2.49. The van der Waals surface area contributed by atoms with Crippen LogP contribution in [0, 0.1) is 18.3 Å². The average molecular weight is 369 g/mol. The molecule has 7 heteroatoms. The van der Waals surface area contributed by atoms with E-state index in [9.17, 15) is 9.90 Å². The molecule has 3 fully saturated rings. The molecule has 1 atom stereocenters. The lowest BCUT2D eigenvalue weighted by atomic mass is 9.70. The molecule has 2 aromatic heterocycles. The van der Waals surface area contributed by atoms with E-state index in [1.54, 1.807) is 0 Å². The number of β-amino-alcohol motifs (C(OH)–C–C–N with tert-alkyl or cyclic N) is 1. The monoisotopic (exact) mass is 369 g/mol. The molecule has 0 bridgehead atoms. The molecule has 1 amide bonds. The molecule has 1 spiro atoms. The second-order valence-corrected chi connectivity index (χ2v) is 8.61. The number of hydrogen-bond acceptors (Lipinski definition) is 5. The van der Waals surface area contributed by atoms with Crippen molar-refractivity contribution in [3.8, 4) is 0 Å². The molecule has 1 saturated carbocycles. The number of H-pyrrole nitrogens is 1. The average Bonchev–Trinajstić information content (AvgIpc) is 3.33. The molecule has 5 rings (SSSR count). The first-order valence-electron chi connectivity index (χ1n) is 10.1. The third-order valence-corrected chi connectivity index (χ3v) is 6.49. The summed E-state index contributed by atoms with van der Waals surface area (Å²) in [4.78, 5) is 29.8. The Morgan fingerprint density at radius 1 is 1.30 bits per heavy atom.